The summed E-state index contributed by atoms with van der Waals surface area (Å²) in [5.74, 6) is 1.46. The van der Waals surface area contributed by atoms with Crippen LogP contribution >= 0.6 is 0 Å². The predicted molar refractivity (Wildman–Crippen MR) is 169 cm³/mol. The number of piperidine rings is 1. The Hall–Kier alpha value is -4.97. The number of carbonyl (C=O) groups excluding carboxylic acids is 1. The number of carbonyl (C=O) groups is 1. The van der Waals surface area contributed by atoms with Gasteiger partial charge in [0.05, 0.1) is 5.56 Å². The number of benzene rings is 1. The molecule has 10 nitrogen and oxygen atoms in total. The lowest BCUT2D eigenvalue weighted by atomic mass is 10.1. The molecule has 1 aromatic carbocycles. The van der Waals surface area contributed by atoms with Crippen LogP contribution in [0.1, 0.15) is 42.5 Å². The van der Waals surface area contributed by atoms with Crippen LogP contribution in [0.3, 0.4) is 0 Å². The van der Waals surface area contributed by atoms with Gasteiger partial charge in [-0.05, 0) is 98.8 Å². The number of nitrogens with one attached hydrogen (secondary N) is 1. The van der Waals surface area contributed by atoms with E-state index in [1.54, 1.807) is 18.3 Å². The van der Waals surface area contributed by atoms with Gasteiger partial charge in [0.2, 0.25) is 5.91 Å². The van der Waals surface area contributed by atoms with Crippen molar-refractivity contribution in [3.8, 4) is 22.9 Å². The molecule has 1 aliphatic heterocycles. The Morgan fingerprint density at radius 3 is 2.60 bits per heavy atom. The van der Waals surface area contributed by atoms with Gasteiger partial charge in [-0.25, -0.2) is 28.4 Å². The Morgan fingerprint density at radius 2 is 1.89 bits per heavy atom. The minimum Gasteiger partial charge on any atom is -0.383 e. The third-order valence-electron chi connectivity index (χ3n) is 8.37. The van der Waals surface area contributed by atoms with Crippen LogP contribution in [0, 0.1) is 0 Å². The average molecular weight is 612 g/mol. The van der Waals surface area contributed by atoms with Gasteiger partial charge < -0.3 is 16.0 Å². The first-order valence-corrected chi connectivity index (χ1v) is 15.0. The van der Waals surface area contributed by atoms with E-state index in [0.29, 0.717) is 40.2 Å². The van der Waals surface area contributed by atoms with E-state index in [1.807, 2.05) is 28.6 Å². The van der Waals surface area contributed by atoms with Gasteiger partial charge in [-0.2, -0.15) is 5.10 Å². The van der Waals surface area contributed by atoms with Crippen LogP contribution in [-0.2, 0) is 17.6 Å². The topological polar surface area (TPSA) is 120 Å². The zero-order chi connectivity index (χ0) is 31.5. The number of halogens is 2. The molecule has 7 rings (SSSR count). The number of hydrogen-bond acceptors (Lipinski definition) is 7. The summed E-state index contributed by atoms with van der Waals surface area (Å²) in [5.41, 5.74) is 11.4. The molecule has 5 aromatic rings. The van der Waals surface area contributed by atoms with E-state index >= 15 is 0 Å². The van der Waals surface area contributed by atoms with E-state index in [1.165, 1.54) is 34.1 Å². The predicted octanol–water partition coefficient (Wildman–Crippen LogP) is 5.06. The van der Waals surface area contributed by atoms with Crippen molar-refractivity contribution in [1.29, 1.82) is 0 Å². The Labute approximate surface area is 259 Å². The zero-order valence-electron chi connectivity index (χ0n) is 25.0. The summed E-state index contributed by atoms with van der Waals surface area (Å²) in [6.45, 7) is 5.18. The summed E-state index contributed by atoms with van der Waals surface area (Å²) in [4.78, 5) is 26.8. The first-order chi connectivity index (χ1) is 21.9. The lowest BCUT2D eigenvalue weighted by Crippen LogP contribution is -2.43. The third-order valence-corrected chi connectivity index (χ3v) is 8.37. The second kappa shape index (κ2) is 12.9. The molecule has 1 saturated heterocycles. The number of aromatic nitrogens is 6. The highest BCUT2D eigenvalue weighted by Gasteiger charge is 2.22. The molecule has 0 radical (unpaired) electrons. The second-order valence-corrected chi connectivity index (χ2v) is 11.1. The lowest BCUT2D eigenvalue weighted by molar-refractivity contribution is -0.127. The van der Waals surface area contributed by atoms with Crippen molar-refractivity contribution in [2.75, 3.05) is 25.9 Å². The summed E-state index contributed by atoms with van der Waals surface area (Å²) in [6.07, 6.45) is 7.21. The maximum atomic E-state index is 13.0. The molecule has 0 unspecified atom stereocenters. The normalized spacial score (nSPS) is 14.8. The van der Waals surface area contributed by atoms with Gasteiger partial charge in [0.25, 0.3) is 6.43 Å². The highest BCUT2D eigenvalue weighted by Crippen LogP contribution is 2.33. The molecule has 232 valence electrons. The average Bonchev–Trinajstić information content (AvgIpc) is 3.83. The van der Waals surface area contributed by atoms with Crippen molar-refractivity contribution >= 4 is 22.9 Å². The Bertz CT molecular complexity index is 1840. The summed E-state index contributed by atoms with van der Waals surface area (Å²) >= 11 is 0. The molecule has 4 aromatic heterocycles. The van der Waals surface area contributed by atoms with Crippen LogP contribution in [0.15, 0.2) is 73.6 Å². The second-order valence-electron chi connectivity index (χ2n) is 11.1. The first-order valence-electron chi connectivity index (χ1n) is 15.0. The summed E-state index contributed by atoms with van der Waals surface area (Å²) in [5, 5.41) is 7.18. The van der Waals surface area contributed by atoms with E-state index in [2.05, 4.69) is 40.2 Å². The quantitative estimate of drug-likeness (QED) is 0.258. The molecular weight excluding hydrogens is 576 g/mol. The lowest BCUT2D eigenvalue weighted by Gasteiger charge is -2.30. The molecule has 0 saturated carbocycles. The number of pyridine rings is 2. The van der Waals surface area contributed by atoms with Crippen LogP contribution in [-0.4, -0.2) is 66.3 Å². The fraction of sp³-hybridized carbons (Fsp3) is 0.303. The number of likely N-dealkylation sites (tertiary alicyclic amines) is 1. The van der Waals surface area contributed by atoms with Gasteiger partial charge in [0.1, 0.15) is 17.0 Å². The minimum absolute atomic E-state index is 0.0598. The number of imidazole rings is 1. The number of rotatable bonds is 6. The van der Waals surface area contributed by atoms with Crippen LogP contribution in [0.25, 0.3) is 34.1 Å². The Morgan fingerprint density at radius 1 is 1.09 bits per heavy atom. The number of aryl methyl sites for hydroxylation is 2. The van der Waals surface area contributed by atoms with Gasteiger partial charge >= 0.3 is 0 Å². The van der Waals surface area contributed by atoms with E-state index < -0.39 is 6.43 Å². The number of fused-ring (bicyclic) bond motifs is 2. The molecular formula is C33H35F2N9O. The third kappa shape index (κ3) is 6.18. The monoisotopic (exact) mass is 611 g/mol. The first kappa shape index (κ1) is 30.1. The van der Waals surface area contributed by atoms with Gasteiger partial charge in [-0.15, -0.1) is 0 Å². The summed E-state index contributed by atoms with van der Waals surface area (Å²) in [7, 11) is 1.97. The number of nitrogens with zero attached hydrogens (tertiary/aromatic N) is 7. The van der Waals surface area contributed by atoms with Crippen LogP contribution < -0.4 is 11.1 Å². The van der Waals surface area contributed by atoms with E-state index in [-0.39, 0.29) is 11.6 Å². The van der Waals surface area contributed by atoms with Gasteiger partial charge in [0, 0.05) is 37.2 Å². The van der Waals surface area contributed by atoms with Crippen LogP contribution in [0.4, 0.5) is 14.6 Å². The number of hydrogen-bond donors (Lipinski definition) is 2. The molecule has 0 bridgehead atoms. The number of anilines is 1. The zero-order valence-corrected chi connectivity index (χ0v) is 25.0. The highest BCUT2D eigenvalue weighted by atomic mass is 19.3. The van der Waals surface area contributed by atoms with Gasteiger partial charge in [-0.1, -0.05) is 12.6 Å². The molecule has 12 heteroatoms. The molecule has 2 aliphatic rings. The molecule has 1 fully saturated rings. The van der Waals surface area contributed by atoms with Gasteiger partial charge in [-0.3, -0.25) is 9.36 Å². The summed E-state index contributed by atoms with van der Waals surface area (Å²) in [6, 6.07) is 15.4. The Kier molecular flexibility index (Phi) is 8.65. The molecule has 5 heterocycles. The number of alkyl halides is 2. The molecule has 3 N–H and O–H groups in total. The van der Waals surface area contributed by atoms with Crippen LogP contribution in [0.2, 0.25) is 0 Å². The number of nitrogens with two attached hydrogens (primary N) is 1. The van der Waals surface area contributed by atoms with Crippen LogP contribution in [0.5, 0.6) is 0 Å². The fourth-order valence-corrected chi connectivity index (χ4v) is 5.90. The maximum absolute atomic E-state index is 13.0. The number of amides is 1. The van der Waals surface area contributed by atoms with E-state index in [0.717, 1.165) is 50.9 Å². The summed E-state index contributed by atoms with van der Waals surface area (Å²) < 4.78 is 29.4. The van der Waals surface area contributed by atoms with E-state index in [4.69, 9.17) is 15.7 Å². The van der Waals surface area contributed by atoms with Crippen molar-refractivity contribution in [2.45, 2.75) is 44.6 Å². The molecule has 1 amide bonds. The smallest absolute Gasteiger partial charge is 0.282 e. The number of nitrogen functional groups attached to an aromatic ring is 1. The molecule has 45 heavy (non-hydrogen) atoms. The van der Waals surface area contributed by atoms with Crippen molar-refractivity contribution in [1.82, 2.24) is 39.5 Å². The molecule has 0 atom stereocenters. The SMILES string of the molecule is C=CC(=O)N1CCC(NC)CC1.Nc1ncccc1-c1nc2ccc(-n3ccc(C(F)F)n3)nc2n1-c1ccc2c(c1)CCC2. The van der Waals surface area contributed by atoms with Crippen molar-refractivity contribution < 1.29 is 13.6 Å². The minimum atomic E-state index is -2.65. The van der Waals surface area contributed by atoms with E-state index in [9.17, 15) is 13.6 Å². The standard InChI is InChI=1S/C24H19F2N7.C9H16N2O/c25-21(26)18-10-12-32(31-18)20-9-8-19-24(30-20)33(16-7-6-14-3-1-4-15(14)13-16)23(29-19)17-5-2-11-28-22(17)27;1-3-9(12)11-6-4-8(10-2)5-7-11/h2,5-13,21H,1,3-4H2,(H2,27,28);3,8,10H,1,4-7H2,2H3. The van der Waals surface area contributed by atoms with Crippen molar-refractivity contribution in [3.63, 3.8) is 0 Å². The van der Waals surface area contributed by atoms with Gasteiger partial charge in [0.15, 0.2) is 17.3 Å². The molecule has 0 spiro atoms. The maximum Gasteiger partial charge on any atom is 0.282 e. The Balaban J connectivity index is 0.000000252. The van der Waals surface area contributed by atoms with Crippen molar-refractivity contribution in [3.05, 3.63) is 90.4 Å². The fourth-order valence-electron chi connectivity index (χ4n) is 5.90. The van der Waals surface area contributed by atoms with Crippen molar-refractivity contribution in [2.24, 2.45) is 0 Å². The largest absolute Gasteiger partial charge is 0.383 e. The molecule has 1 aliphatic carbocycles. The highest BCUT2D eigenvalue weighted by molar-refractivity contribution is 5.87.